The molecule has 0 unspecified atom stereocenters. The molecule has 0 aromatic carbocycles. The topological polar surface area (TPSA) is 66.9 Å². The molecular weight excluding hydrogens is 252 g/mol. The van der Waals surface area contributed by atoms with Gasteiger partial charge >= 0.3 is 0 Å². The van der Waals surface area contributed by atoms with Gasteiger partial charge in [0.15, 0.2) is 0 Å². The van der Waals surface area contributed by atoms with Gasteiger partial charge < -0.3 is 10.6 Å². The zero-order valence-electron chi connectivity index (χ0n) is 12.2. The predicted octanol–water partition coefficient (Wildman–Crippen LogP) is 2.61. The van der Waals surface area contributed by atoms with Crippen LogP contribution in [-0.2, 0) is 0 Å². The van der Waals surface area contributed by atoms with Gasteiger partial charge in [0, 0.05) is 13.1 Å². The molecular formula is C15H24N4O. The highest BCUT2D eigenvalue weighted by molar-refractivity contribution is 5.91. The number of carbonyl (C=O) groups excluding carboxylic acids is 1. The van der Waals surface area contributed by atoms with Gasteiger partial charge in [-0.3, -0.25) is 4.79 Å². The van der Waals surface area contributed by atoms with Crippen LogP contribution in [0.4, 0.5) is 5.82 Å². The van der Waals surface area contributed by atoms with Crippen LogP contribution in [0, 0.1) is 5.92 Å². The van der Waals surface area contributed by atoms with Gasteiger partial charge in [-0.25, -0.2) is 9.97 Å². The van der Waals surface area contributed by atoms with Gasteiger partial charge in [-0.15, -0.1) is 0 Å². The fraction of sp³-hybridized carbons (Fsp3) is 0.667. The molecule has 5 heteroatoms. The molecule has 0 atom stereocenters. The lowest BCUT2D eigenvalue weighted by Crippen LogP contribution is -2.27. The molecule has 0 spiro atoms. The molecule has 20 heavy (non-hydrogen) atoms. The Balaban J connectivity index is 1.73. The lowest BCUT2D eigenvalue weighted by Gasteiger charge is -2.21. The molecule has 1 fully saturated rings. The van der Waals surface area contributed by atoms with Crippen LogP contribution in [0.3, 0.4) is 0 Å². The van der Waals surface area contributed by atoms with Crippen molar-refractivity contribution in [2.75, 3.05) is 18.4 Å². The summed E-state index contributed by atoms with van der Waals surface area (Å²) in [6, 6.07) is 0. The van der Waals surface area contributed by atoms with Crippen LogP contribution in [0.1, 0.15) is 55.9 Å². The Morgan fingerprint density at radius 1 is 1.25 bits per heavy atom. The van der Waals surface area contributed by atoms with Crippen LogP contribution in [-0.4, -0.2) is 29.0 Å². The molecule has 110 valence electrons. The van der Waals surface area contributed by atoms with Crippen molar-refractivity contribution < 1.29 is 4.79 Å². The summed E-state index contributed by atoms with van der Waals surface area (Å²) in [6.45, 7) is 3.52. The monoisotopic (exact) mass is 276 g/mol. The summed E-state index contributed by atoms with van der Waals surface area (Å²) >= 11 is 0. The van der Waals surface area contributed by atoms with E-state index in [2.05, 4.69) is 20.6 Å². The van der Waals surface area contributed by atoms with Crippen molar-refractivity contribution in [1.82, 2.24) is 15.3 Å². The normalized spacial score (nSPS) is 15.8. The molecule has 1 saturated carbocycles. The SMILES string of the molecule is CCNc1cnc(C(=O)NCCC2CCCCC2)cn1. The van der Waals surface area contributed by atoms with E-state index in [0.29, 0.717) is 11.5 Å². The number of hydrogen-bond donors (Lipinski definition) is 2. The third-order valence-corrected chi connectivity index (χ3v) is 3.81. The van der Waals surface area contributed by atoms with Crippen LogP contribution < -0.4 is 10.6 Å². The van der Waals surface area contributed by atoms with E-state index in [1.54, 1.807) is 6.20 Å². The Hall–Kier alpha value is -1.65. The van der Waals surface area contributed by atoms with E-state index < -0.39 is 0 Å². The number of anilines is 1. The summed E-state index contributed by atoms with van der Waals surface area (Å²) in [5.74, 6) is 1.36. The third-order valence-electron chi connectivity index (χ3n) is 3.81. The highest BCUT2D eigenvalue weighted by Gasteiger charge is 2.14. The van der Waals surface area contributed by atoms with E-state index >= 15 is 0 Å². The molecule has 1 heterocycles. The van der Waals surface area contributed by atoms with E-state index in [0.717, 1.165) is 25.4 Å². The van der Waals surface area contributed by atoms with Gasteiger partial charge in [-0.05, 0) is 19.3 Å². The van der Waals surface area contributed by atoms with Crippen molar-refractivity contribution in [2.45, 2.75) is 45.4 Å². The number of aromatic nitrogens is 2. The highest BCUT2D eigenvalue weighted by atomic mass is 16.1. The molecule has 1 aliphatic rings. The second kappa shape index (κ2) is 7.82. The van der Waals surface area contributed by atoms with Crippen LogP contribution >= 0.6 is 0 Å². The van der Waals surface area contributed by atoms with Gasteiger partial charge in [0.2, 0.25) is 0 Å². The first-order chi connectivity index (χ1) is 9.79. The van der Waals surface area contributed by atoms with Gasteiger partial charge in [-0.1, -0.05) is 32.1 Å². The largest absolute Gasteiger partial charge is 0.369 e. The summed E-state index contributed by atoms with van der Waals surface area (Å²) in [5, 5.41) is 5.99. The van der Waals surface area contributed by atoms with E-state index in [9.17, 15) is 4.79 Å². The maximum Gasteiger partial charge on any atom is 0.271 e. The molecule has 2 N–H and O–H groups in total. The van der Waals surface area contributed by atoms with Crippen molar-refractivity contribution >= 4 is 11.7 Å². The van der Waals surface area contributed by atoms with Crippen molar-refractivity contribution in [2.24, 2.45) is 5.92 Å². The van der Waals surface area contributed by atoms with E-state index in [4.69, 9.17) is 0 Å². The quantitative estimate of drug-likeness (QED) is 0.838. The molecule has 1 aliphatic carbocycles. The van der Waals surface area contributed by atoms with E-state index in [1.807, 2.05) is 6.92 Å². The third kappa shape index (κ3) is 4.47. The van der Waals surface area contributed by atoms with Gasteiger partial charge in [0.1, 0.15) is 11.5 Å². The summed E-state index contributed by atoms with van der Waals surface area (Å²) < 4.78 is 0. The molecule has 0 saturated heterocycles. The molecule has 2 rings (SSSR count). The smallest absolute Gasteiger partial charge is 0.271 e. The predicted molar refractivity (Wildman–Crippen MR) is 79.7 cm³/mol. The van der Waals surface area contributed by atoms with Crippen LogP contribution in [0.15, 0.2) is 12.4 Å². The minimum Gasteiger partial charge on any atom is -0.369 e. The molecule has 5 nitrogen and oxygen atoms in total. The fourth-order valence-electron chi connectivity index (χ4n) is 2.67. The summed E-state index contributed by atoms with van der Waals surface area (Å²) in [4.78, 5) is 20.2. The second-order valence-corrected chi connectivity index (χ2v) is 5.37. The zero-order valence-corrected chi connectivity index (χ0v) is 12.2. The number of amides is 1. The molecule has 0 aliphatic heterocycles. The second-order valence-electron chi connectivity index (χ2n) is 5.37. The van der Waals surface area contributed by atoms with Crippen molar-refractivity contribution in [1.29, 1.82) is 0 Å². The lowest BCUT2D eigenvalue weighted by atomic mass is 9.87. The van der Waals surface area contributed by atoms with Crippen LogP contribution in [0.2, 0.25) is 0 Å². The summed E-state index contributed by atoms with van der Waals surface area (Å²) in [5.41, 5.74) is 0.385. The van der Waals surface area contributed by atoms with Gasteiger partial charge in [0.05, 0.1) is 12.4 Å². The average molecular weight is 276 g/mol. The maximum atomic E-state index is 11.9. The maximum absolute atomic E-state index is 11.9. The Labute approximate surface area is 120 Å². The Morgan fingerprint density at radius 3 is 2.70 bits per heavy atom. The van der Waals surface area contributed by atoms with Gasteiger partial charge in [-0.2, -0.15) is 0 Å². The van der Waals surface area contributed by atoms with Crippen molar-refractivity contribution in [3.8, 4) is 0 Å². The van der Waals surface area contributed by atoms with E-state index in [-0.39, 0.29) is 5.91 Å². The zero-order chi connectivity index (χ0) is 14.2. The first-order valence-electron chi connectivity index (χ1n) is 7.63. The Bertz CT molecular complexity index is 412. The van der Waals surface area contributed by atoms with Crippen LogP contribution in [0.5, 0.6) is 0 Å². The molecule has 1 amide bonds. The number of carbonyl (C=O) groups is 1. The number of rotatable bonds is 6. The summed E-state index contributed by atoms with van der Waals surface area (Å²) in [7, 11) is 0. The molecule has 1 aromatic heterocycles. The first-order valence-corrected chi connectivity index (χ1v) is 7.63. The first kappa shape index (κ1) is 14.8. The minimum atomic E-state index is -0.128. The number of nitrogens with one attached hydrogen (secondary N) is 2. The number of hydrogen-bond acceptors (Lipinski definition) is 4. The standard InChI is InChI=1S/C15H24N4O/c1-2-16-14-11-18-13(10-19-14)15(20)17-9-8-12-6-4-3-5-7-12/h10-12H,2-9H2,1H3,(H,16,19)(H,17,20). The molecule has 0 radical (unpaired) electrons. The molecule has 0 bridgehead atoms. The highest BCUT2D eigenvalue weighted by Crippen LogP contribution is 2.25. The minimum absolute atomic E-state index is 0.128. The van der Waals surface area contributed by atoms with Crippen molar-refractivity contribution in [3.63, 3.8) is 0 Å². The fourth-order valence-corrected chi connectivity index (χ4v) is 2.67. The Kier molecular flexibility index (Phi) is 5.77. The Morgan fingerprint density at radius 2 is 2.05 bits per heavy atom. The van der Waals surface area contributed by atoms with Crippen molar-refractivity contribution in [3.05, 3.63) is 18.1 Å². The number of nitrogens with zero attached hydrogens (tertiary/aromatic N) is 2. The lowest BCUT2D eigenvalue weighted by molar-refractivity contribution is 0.0945. The van der Waals surface area contributed by atoms with Crippen LogP contribution in [0.25, 0.3) is 0 Å². The molecule has 1 aromatic rings. The van der Waals surface area contributed by atoms with E-state index in [1.165, 1.54) is 38.3 Å². The van der Waals surface area contributed by atoms with Gasteiger partial charge in [0.25, 0.3) is 5.91 Å². The average Bonchev–Trinajstić information content (AvgIpc) is 2.49. The summed E-state index contributed by atoms with van der Waals surface area (Å²) in [6.07, 6.45) is 10.9.